The van der Waals surface area contributed by atoms with Crippen LogP contribution in [0, 0.1) is 0 Å². The zero-order valence-electron chi connectivity index (χ0n) is 9.50. The minimum Gasteiger partial charge on any atom is -0.398 e. The van der Waals surface area contributed by atoms with Crippen LogP contribution in [0.25, 0.3) is 0 Å². The Balaban J connectivity index is 2.26. The van der Waals surface area contributed by atoms with Gasteiger partial charge in [-0.25, -0.2) is 8.93 Å². The highest BCUT2D eigenvalue weighted by Gasteiger charge is 2.31. The summed E-state index contributed by atoms with van der Waals surface area (Å²) < 4.78 is 45.3. The summed E-state index contributed by atoms with van der Waals surface area (Å²) in [6, 6.07) is 2.98. The molecule has 3 N–H and O–H groups in total. The van der Waals surface area contributed by atoms with Crippen LogP contribution in [0.5, 0.6) is 11.5 Å². The fraction of sp³-hybridized carbons (Fsp3) is 0.333. The molecule has 1 heterocycles. The second kappa shape index (κ2) is 4.75. The molecule has 1 atom stereocenters. The number of benzene rings is 1. The molecule has 0 fully saturated rings. The van der Waals surface area contributed by atoms with Crippen LogP contribution < -0.4 is 18.8 Å². The summed E-state index contributed by atoms with van der Waals surface area (Å²) in [4.78, 5) is 0. The largest absolute Gasteiger partial charge is 0.501 e. The first-order valence-corrected chi connectivity index (χ1v) is 7.90. The molecular weight excluding hydrogens is 280 g/mol. The van der Waals surface area contributed by atoms with Crippen LogP contribution in [0.15, 0.2) is 12.1 Å². The van der Waals surface area contributed by atoms with Crippen LogP contribution >= 0.6 is 0 Å². The summed E-state index contributed by atoms with van der Waals surface area (Å²) in [6.07, 6.45) is 1.89. The zero-order chi connectivity index (χ0) is 13.3. The van der Waals surface area contributed by atoms with Gasteiger partial charge in [0.1, 0.15) is 0 Å². The smallest absolute Gasteiger partial charge is 0.398 e. The van der Waals surface area contributed by atoms with Gasteiger partial charge in [0.25, 0.3) is 0 Å². The molecule has 1 aliphatic heterocycles. The molecule has 100 valence electrons. The molecule has 1 aromatic carbocycles. The van der Waals surface area contributed by atoms with E-state index in [1.807, 2.05) is 0 Å². The second-order valence-electron chi connectivity index (χ2n) is 3.63. The number of hydrogen-bond acceptors (Lipinski definition) is 6. The fourth-order valence-electron chi connectivity index (χ4n) is 1.59. The Kier molecular flexibility index (Phi) is 3.46. The number of nitrogens with two attached hydrogens (primary N) is 1. The van der Waals surface area contributed by atoms with Crippen molar-refractivity contribution in [2.45, 2.75) is 6.42 Å². The van der Waals surface area contributed by atoms with E-state index < -0.39 is 21.4 Å². The van der Waals surface area contributed by atoms with Gasteiger partial charge in [-0.05, 0) is 18.6 Å². The average Bonchev–Trinajstić information content (AvgIpc) is 2.56. The quantitative estimate of drug-likeness (QED) is 0.738. The van der Waals surface area contributed by atoms with E-state index in [1.54, 1.807) is 6.07 Å². The molecule has 7 nitrogen and oxygen atoms in total. The predicted molar refractivity (Wildman–Crippen MR) is 66.8 cm³/mol. The number of nitrogens with one attached hydrogen (secondary N) is 1. The first kappa shape index (κ1) is 13.1. The Morgan fingerprint density at radius 1 is 1.39 bits per heavy atom. The van der Waals surface area contributed by atoms with Gasteiger partial charge in [0, 0.05) is 24.1 Å². The Labute approximate surface area is 107 Å². The van der Waals surface area contributed by atoms with Gasteiger partial charge in [0.2, 0.25) is 0 Å². The molecule has 0 radical (unpaired) electrons. The standard InChI is InChI=1S/C9H12N2O5S2/c1-17(12)11-5-4-6-7(10)2-3-8-9(6)16-18(13,14)15-8/h2-3,11H,4-5,10H2,1H3. The van der Waals surface area contributed by atoms with E-state index in [0.29, 0.717) is 24.2 Å². The lowest BCUT2D eigenvalue weighted by molar-refractivity contribution is 0.435. The molecule has 18 heavy (non-hydrogen) atoms. The minimum absolute atomic E-state index is 0.110. The van der Waals surface area contributed by atoms with Gasteiger partial charge in [-0.1, -0.05) is 0 Å². The van der Waals surface area contributed by atoms with Crippen molar-refractivity contribution >= 4 is 27.1 Å². The normalized spacial score (nSPS) is 17.6. The molecule has 9 heteroatoms. The Hall–Kier alpha value is -1.32. The molecular formula is C9H12N2O5S2. The van der Waals surface area contributed by atoms with Crippen LogP contribution in [0.3, 0.4) is 0 Å². The highest BCUT2D eigenvalue weighted by molar-refractivity contribution is 7.83. The summed E-state index contributed by atoms with van der Waals surface area (Å²) in [7, 11) is -5.16. The maximum atomic E-state index is 11.2. The van der Waals surface area contributed by atoms with Crippen molar-refractivity contribution in [1.82, 2.24) is 4.72 Å². The third kappa shape index (κ3) is 2.74. The molecule has 2 rings (SSSR count). The summed E-state index contributed by atoms with van der Waals surface area (Å²) in [5, 5.41) is 0. The molecule has 0 amide bonds. The number of hydrogen-bond donors (Lipinski definition) is 2. The summed E-state index contributed by atoms with van der Waals surface area (Å²) in [5.74, 6) is 0.232. The van der Waals surface area contributed by atoms with Crippen LogP contribution in [0.2, 0.25) is 0 Å². The lowest BCUT2D eigenvalue weighted by atomic mass is 10.1. The van der Waals surface area contributed by atoms with Gasteiger partial charge < -0.3 is 14.1 Å². The number of rotatable bonds is 4. The summed E-state index contributed by atoms with van der Waals surface area (Å²) in [6.45, 7) is 0.382. The van der Waals surface area contributed by atoms with Gasteiger partial charge in [0.15, 0.2) is 11.5 Å². The lowest BCUT2D eigenvalue weighted by Gasteiger charge is -2.07. The van der Waals surface area contributed by atoms with Crippen molar-refractivity contribution in [3.05, 3.63) is 17.7 Å². The third-order valence-corrected chi connectivity index (χ3v) is 3.68. The van der Waals surface area contributed by atoms with Gasteiger partial charge in [-0.15, -0.1) is 8.42 Å². The van der Waals surface area contributed by atoms with Crippen molar-refractivity contribution in [2.75, 3.05) is 18.5 Å². The molecule has 0 saturated heterocycles. The van der Waals surface area contributed by atoms with Crippen LogP contribution in [0.1, 0.15) is 5.56 Å². The molecule has 1 aromatic rings. The van der Waals surface area contributed by atoms with E-state index in [0.717, 1.165) is 0 Å². The van der Waals surface area contributed by atoms with Crippen molar-refractivity contribution in [2.24, 2.45) is 0 Å². The van der Waals surface area contributed by atoms with Gasteiger partial charge in [0.05, 0.1) is 11.0 Å². The van der Waals surface area contributed by atoms with E-state index in [-0.39, 0.29) is 11.5 Å². The van der Waals surface area contributed by atoms with Crippen LogP contribution in [0.4, 0.5) is 5.69 Å². The molecule has 1 aliphatic rings. The number of anilines is 1. The van der Waals surface area contributed by atoms with Crippen molar-refractivity contribution in [3.63, 3.8) is 0 Å². The van der Waals surface area contributed by atoms with E-state index in [1.165, 1.54) is 12.3 Å². The molecule has 0 spiro atoms. The second-order valence-corrected chi connectivity index (χ2v) is 5.98. The monoisotopic (exact) mass is 292 g/mol. The lowest BCUT2D eigenvalue weighted by Crippen LogP contribution is -2.19. The van der Waals surface area contributed by atoms with E-state index in [4.69, 9.17) is 9.92 Å². The first-order chi connectivity index (χ1) is 8.39. The Morgan fingerprint density at radius 2 is 2.11 bits per heavy atom. The third-order valence-electron chi connectivity index (χ3n) is 2.32. The predicted octanol–water partition coefficient (Wildman–Crippen LogP) is -0.290. The molecule has 0 aliphatic carbocycles. The maximum Gasteiger partial charge on any atom is 0.501 e. The topological polar surface area (TPSA) is 108 Å². The summed E-state index contributed by atoms with van der Waals surface area (Å²) >= 11 is 0. The van der Waals surface area contributed by atoms with Crippen molar-refractivity contribution in [1.29, 1.82) is 0 Å². The molecule has 0 bridgehead atoms. The maximum absolute atomic E-state index is 11.2. The Morgan fingerprint density at radius 3 is 2.78 bits per heavy atom. The van der Waals surface area contributed by atoms with Gasteiger partial charge in [-0.3, -0.25) is 0 Å². The zero-order valence-corrected chi connectivity index (χ0v) is 11.1. The fourth-order valence-corrected chi connectivity index (χ4v) is 2.75. The SMILES string of the molecule is CS(=O)NCCc1c(N)ccc2c1OS(=O)(=O)O2. The number of nitrogen functional groups attached to an aromatic ring is 1. The van der Waals surface area contributed by atoms with E-state index in [9.17, 15) is 12.6 Å². The Bertz CT molecular complexity index is 599. The highest BCUT2D eigenvalue weighted by Crippen LogP contribution is 2.41. The van der Waals surface area contributed by atoms with Gasteiger partial charge >= 0.3 is 10.4 Å². The minimum atomic E-state index is -4.02. The van der Waals surface area contributed by atoms with E-state index in [2.05, 4.69) is 8.91 Å². The van der Waals surface area contributed by atoms with E-state index >= 15 is 0 Å². The average molecular weight is 292 g/mol. The van der Waals surface area contributed by atoms with Crippen LogP contribution in [-0.4, -0.2) is 25.4 Å². The summed E-state index contributed by atoms with van der Waals surface area (Å²) in [5.41, 5.74) is 6.69. The van der Waals surface area contributed by atoms with Crippen molar-refractivity contribution in [3.8, 4) is 11.5 Å². The molecule has 0 saturated carbocycles. The van der Waals surface area contributed by atoms with Crippen molar-refractivity contribution < 1.29 is 21.0 Å². The van der Waals surface area contributed by atoms with Gasteiger partial charge in [-0.2, -0.15) is 0 Å². The molecule has 0 aromatic heterocycles. The van der Waals surface area contributed by atoms with Crippen LogP contribution in [-0.2, 0) is 27.8 Å². The number of fused-ring (bicyclic) bond motifs is 1. The highest BCUT2D eigenvalue weighted by atomic mass is 32.3. The molecule has 1 unspecified atom stereocenters. The first-order valence-electron chi connectivity index (χ1n) is 5.01.